The van der Waals surface area contributed by atoms with E-state index in [0.29, 0.717) is 12.1 Å². The molecule has 2 heterocycles. The zero-order valence-corrected chi connectivity index (χ0v) is 24.2. The molecule has 1 N–H and O–H groups in total. The van der Waals surface area contributed by atoms with Crippen molar-refractivity contribution in [3.63, 3.8) is 0 Å². The standard InChI is InChI=1S/C40H26N2S/c41-36(20-8-13-27-11-2-1-3-12-27)29-14-9-15-30(25-29)42-37-21-6-4-16-32(37)35-26-28(23-24-38(35)42)31-18-10-19-34-33-17-5-7-22-39(33)43-40(31)34/h1-7,9-12,14-19,21-26,41H,13H2. The van der Waals surface area contributed by atoms with Crippen LogP contribution in [0.5, 0.6) is 0 Å². The molecule has 8 rings (SSSR count). The first kappa shape index (κ1) is 25.3. The number of benzene rings is 6. The lowest BCUT2D eigenvalue weighted by Gasteiger charge is -2.10. The predicted molar refractivity (Wildman–Crippen MR) is 184 cm³/mol. The Hall–Kier alpha value is -5.43. The van der Waals surface area contributed by atoms with Crippen molar-refractivity contribution >= 4 is 59.0 Å². The Morgan fingerprint density at radius 3 is 2.28 bits per heavy atom. The van der Waals surface area contributed by atoms with Crippen LogP contribution in [0, 0.1) is 17.3 Å². The maximum Gasteiger partial charge on any atom is 0.111 e. The number of nitrogens with zero attached hydrogens (tertiary/aromatic N) is 1. The fourth-order valence-electron chi connectivity index (χ4n) is 6.10. The van der Waals surface area contributed by atoms with Gasteiger partial charge in [-0.1, -0.05) is 109 Å². The molecule has 6 aromatic carbocycles. The molecular weight excluding hydrogens is 541 g/mol. The summed E-state index contributed by atoms with van der Waals surface area (Å²) in [4.78, 5) is 0. The lowest BCUT2D eigenvalue weighted by atomic mass is 10.0. The van der Waals surface area contributed by atoms with E-state index >= 15 is 0 Å². The van der Waals surface area contributed by atoms with Crippen molar-refractivity contribution in [2.24, 2.45) is 0 Å². The molecular formula is C40H26N2S. The maximum atomic E-state index is 8.69. The highest BCUT2D eigenvalue weighted by Gasteiger charge is 2.16. The molecule has 3 heteroatoms. The molecule has 0 atom stereocenters. The first-order chi connectivity index (χ1) is 21.2. The molecule has 0 aliphatic heterocycles. The van der Waals surface area contributed by atoms with Crippen molar-refractivity contribution in [3.05, 3.63) is 151 Å². The van der Waals surface area contributed by atoms with Gasteiger partial charge in [0.25, 0.3) is 0 Å². The Kier molecular flexibility index (Phi) is 6.14. The van der Waals surface area contributed by atoms with E-state index in [0.717, 1.165) is 27.8 Å². The molecule has 8 aromatic rings. The van der Waals surface area contributed by atoms with Gasteiger partial charge < -0.3 is 4.57 Å². The van der Waals surface area contributed by atoms with Gasteiger partial charge in [0.05, 0.1) is 11.0 Å². The van der Waals surface area contributed by atoms with E-state index in [1.165, 1.54) is 42.1 Å². The van der Waals surface area contributed by atoms with Crippen LogP contribution in [0.4, 0.5) is 0 Å². The van der Waals surface area contributed by atoms with Gasteiger partial charge in [0.15, 0.2) is 0 Å². The monoisotopic (exact) mass is 566 g/mol. The van der Waals surface area contributed by atoms with Crippen LogP contribution >= 0.6 is 11.3 Å². The van der Waals surface area contributed by atoms with Crippen LogP contribution in [0.25, 0.3) is 58.8 Å². The van der Waals surface area contributed by atoms with Gasteiger partial charge in [0.2, 0.25) is 0 Å². The smallest absolute Gasteiger partial charge is 0.111 e. The molecule has 43 heavy (non-hydrogen) atoms. The van der Waals surface area contributed by atoms with Crippen LogP contribution in [0.3, 0.4) is 0 Å². The molecule has 2 nitrogen and oxygen atoms in total. The average molecular weight is 567 g/mol. The summed E-state index contributed by atoms with van der Waals surface area (Å²) in [6, 6.07) is 49.1. The Bertz CT molecular complexity index is 2400. The van der Waals surface area contributed by atoms with Crippen LogP contribution in [0.15, 0.2) is 140 Å². The van der Waals surface area contributed by atoms with E-state index in [4.69, 9.17) is 5.41 Å². The second kappa shape index (κ2) is 10.4. The summed E-state index contributed by atoms with van der Waals surface area (Å²) < 4.78 is 4.95. The second-order valence-electron chi connectivity index (χ2n) is 10.8. The second-order valence-corrected chi connectivity index (χ2v) is 11.8. The summed E-state index contributed by atoms with van der Waals surface area (Å²) in [5.41, 5.74) is 8.11. The molecule has 0 bridgehead atoms. The summed E-state index contributed by atoms with van der Waals surface area (Å²) in [6.45, 7) is 0. The highest BCUT2D eigenvalue weighted by molar-refractivity contribution is 7.26. The normalized spacial score (nSPS) is 11.3. The Balaban J connectivity index is 1.23. The van der Waals surface area contributed by atoms with Crippen LogP contribution < -0.4 is 0 Å². The summed E-state index contributed by atoms with van der Waals surface area (Å²) in [5.74, 6) is 6.24. The fraction of sp³-hybridized carbons (Fsp3) is 0.0250. The van der Waals surface area contributed by atoms with E-state index in [1.54, 1.807) is 0 Å². The van der Waals surface area contributed by atoms with E-state index in [-0.39, 0.29) is 0 Å². The predicted octanol–water partition coefficient (Wildman–Crippen LogP) is 10.4. The number of rotatable bonds is 4. The molecule has 0 fully saturated rings. The SMILES string of the molecule is N=C(C#CCc1ccccc1)c1cccc(-n2c3ccccc3c3cc(-c4cccc5c4sc4ccccc45)ccc32)c1. The zero-order chi connectivity index (χ0) is 28.8. The van der Waals surface area contributed by atoms with Gasteiger partial charge in [-0.05, 0) is 59.0 Å². The summed E-state index contributed by atoms with van der Waals surface area (Å²) >= 11 is 1.87. The van der Waals surface area contributed by atoms with Gasteiger partial charge in [0, 0.05) is 48.6 Å². The van der Waals surface area contributed by atoms with Crippen molar-refractivity contribution in [2.75, 3.05) is 0 Å². The number of thiophene rings is 1. The van der Waals surface area contributed by atoms with Crippen LogP contribution in [0.1, 0.15) is 11.1 Å². The first-order valence-electron chi connectivity index (χ1n) is 14.4. The summed E-state index contributed by atoms with van der Waals surface area (Å²) in [7, 11) is 0. The fourth-order valence-corrected chi connectivity index (χ4v) is 7.33. The minimum absolute atomic E-state index is 0.331. The maximum absolute atomic E-state index is 8.69. The molecule has 2 aromatic heterocycles. The van der Waals surface area contributed by atoms with Gasteiger partial charge in [-0.2, -0.15) is 0 Å². The molecule has 0 aliphatic rings. The van der Waals surface area contributed by atoms with Crippen molar-refractivity contribution in [1.29, 1.82) is 5.41 Å². The molecule has 0 saturated carbocycles. The van der Waals surface area contributed by atoms with E-state index in [2.05, 4.69) is 126 Å². The Labute approximate surface area is 254 Å². The minimum atomic E-state index is 0.331. The van der Waals surface area contributed by atoms with Crippen molar-refractivity contribution < 1.29 is 0 Å². The van der Waals surface area contributed by atoms with Crippen LogP contribution in [-0.4, -0.2) is 10.3 Å². The molecule has 0 unspecified atom stereocenters. The highest BCUT2D eigenvalue weighted by Crippen LogP contribution is 2.41. The lowest BCUT2D eigenvalue weighted by molar-refractivity contribution is 1.18. The molecule has 0 aliphatic carbocycles. The number of aromatic nitrogens is 1. The number of hydrogen-bond acceptors (Lipinski definition) is 2. The van der Waals surface area contributed by atoms with Gasteiger partial charge in [-0.3, -0.25) is 5.41 Å². The quantitative estimate of drug-likeness (QED) is 0.162. The number of para-hydroxylation sites is 1. The van der Waals surface area contributed by atoms with Crippen molar-refractivity contribution in [3.8, 4) is 28.7 Å². The number of nitrogens with one attached hydrogen (secondary N) is 1. The summed E-state index contributed by atoms with van der Waals surface area (Å²) in [6.07, 6.45) is 0.632. The molecule has 0 saturated heterocycles. The van der Waals surface area contributed by atoms with E-state index in [9.17, 15) is 0 Å². The molecule has 0 radical (unpaired) electrons. The van der Waals surface area contributed by atoms with E-state index in [1.807, 2.05) is 41.7 Å². The van der Waals surface area contributed by atoms with Gasteiger partial charge >= 0.3 is 0 Å². The van der Waals surface area contributed by atoms with Crippen LogP contribution in [0.2, 0.25) is 0 Å². The first-order valence-corrected chi connectivity index (χ1v) is 15.2. The van der Waals surface area contributed by atoms with Crippen molar-refractivity contribution in [1.82, 2.24) is 4.57 Å². The lowest BCUT2D eigenvalue weighted by Crippen LogP contribution is -1.99. The average Bonchev–Trinajstić information content (AvgIpc) is 3.61. The Morgan fingerprint density at radius 2 is 1.37 bits per heavy atom. The largest absolute Gasteiger partial charge is 0.309 e. The zero-order valence-electron chi connectivity index (χ0n) is 23.3. The van der Waals surface area contributed by atoms with Crippen LogP contribution in [-0.2, 0) is 6.42 Å². The number of hydrogen-bond donors (Lipinski definition) is 1. The minimum Gasteiger partial charge on any atom is -0.309 e. The topological polar surface area (TPSA) is 28.8 Å². The van der Waals surface area contributed by atoms with E-state index < -0.39 is 0 Å². The Morgan fingerprint density at radius 1 is 0.628 bits per heavy atom. The third-order valence-corrected chi connectivity index (χ3v) is 9.35. The third-order valence-electron chi connectivity index (χ3n) is 8.13. The van der Waals surface area contributed by atoms with Gasteiger partial charge in [0.1, 0.15) is 5.71 Å². The van der Waals surface area contributed by atoms with Crippen molar-refractivity contribution in [2.45, 2.75) is 6.42 Å². The van der Waals surface area contributed by atoms with Gasteiger partial charge in [-0.15, -0.1) is 11.3 Å². The number of fused-ring (bicyclic) bond motifs is 6. The molecule has 202 valence electrons. The molecule has 0 spiro atoms. The third kappa shape index (κ3) is 4.41. The highest BCUT2D eigenvalue weighted by atomic mass is 32.1. The summed E-state index contributed by atoms with van der Waals surface area (Å²) in [5, 5.41) is 13.8. The van der Waals surface area contributed by atoms with Gasteiger partial charge in [-0.25, -0.2) is 0 Å². The molecule has 0 amide bonds.